The number of benzene rings is 1. The summed E-state index contributed by atoms with van der Waals surface area (Å²) in [5.74, 6) is -0.862. The first-order valence-corrected chi connectivity index (χ1v) is 8.75. The molecule has 0 aliphatic carbocycles. The average molecular weight is 355 g/mol. The zero-order chi connectivity index (χ0) is 16.4. The number of halogens is 1. The first kappa shape index (κ1) is 16.2. The normalized spacial score (nSPS) is 17.5. The second-order valence-corrected chi connectivity index (χ2v) is 6.90. The number of carbonyl (C=O) groups is 1. The third-order valence-corrected chi connectivity index (χ3v) is 5.38. The number of aliphatic imine (C=N–C) groups is 1. The number of fused-ring (bicyclic) bond motifs is 1. The van der Waals surface area contributed by atoms with Crippen LogP contribution in [0.25, 0.3) is 10.2 Å². The fourth-order valence-corrected chi connectivity index (χ4v) is 4.09. The molecular formula is C14H14FN3O3S2. The van der Waals surface area contributed by atoms with E-state index in [9.17, 15) is 9.18 Å². The minimum absolute atomic E-state index is 0.172. The first-order valence-electron chi connectivity index (χ1n) is 6.95. The van der Waals surface area contributed by atoms with Crippen LogP contribution in [0.1, 0.15) is 11.4 Å². The third-order valence-electron chi connectivity index (χ3n) is 3.17. The van der Waals surface area contributed by atoms with Crippen LogP contribution in [0.4, 0.5) is 4.39 Å². The Kier molecular flexibility index (Phi) is 4.79. The standard InChI is InChI=1S/C14H14FN3O3S2/c15-7-4-8-11(5-10(7)21-3-1-2-16)23-13(17-8)12-18-9(6-22-12)14(19)20/h4-5,9H,1-3,6,16H2,(H,19,20)/t9-/m1/s1. The van der Waals surface area contributed by atoms with E-state index in [2.05, 4.69) is 9.98 Å². The molecule has 0 unspecified atom stereocenters. The van der Waals surface area contributed by atoms with Gasteiger partial charge < -0.3 is 15.6 Å². The van der Waals surface area contributed by atoms with Gasteiger partial charge in [0.25, 0.3) is 0 Å². The van der Waals surface area contributed by atoms with Crippen LogP contribution in [0.2, 0.25) is 0 Å². The summed E-state index contributed by atoms with van der Waals surface area (Å²) < 4.78 is 20.1. The average Bonchev–Trinajstić information content (AvgIpc) is 3.13. The lowest BCUT2D eigenvalue weighted by Gasteiger charge is -2.05. The van der Waals surface area contributed by atoms with Crippen molar-refractivity contribution in [1.82, 2.24) is 4.98 Å². The van der Waals surface area contributed by atoms with Crippen LogP contribution in [-0.4, -0.2) is 46.0 Å². The maximum Gasteiger partial charge on any atom is 0.329 e. The molecule has 0 amide bonds. The number of hydrogen-bond acceptors (Lipinski definition) is 7. The molecule has 9 heteroatoms. The van der Waals surface area contributed by atoms with E-state index in [1.807, 2.05) is 0 Å². The molecule has 0 saturated heterocycles. The van der Waals surface area contributed by atoms with Gasteiger partial charge in [0.05, 0.1) is 16.8 Å². The molecule has 0 radical (unpaired) electrons. The fourth-order valence-electron chi connectivity index (χ4n) is 2.01. The maximum absolute atomic E-state index is 14.0. The number of thioether (sulfide) groups is 1. The molecule has 3 N–H and O–H groups in total. The van der Waals surface area contributed by atoms with Gasteiger partial charge in [0.2, 0.25) is 0 Å². The van der Waals surface area contributed by atoms with Gasteiger partial charge in [-0.15, -0.1) is 23.1 Å². The lowest BCUT2D eigenvalue weighted by molar-refractivity contribution is -0.137. The van der Waals surface area contributed by atoms with Crippen LogP contribution in [0.5, 0.6) is 5.75 Å². The van der Waals surface area contributed by atoms with Crippen molar-refractivity contribution in [1.29, 1.82) is 0 Å². The highest BCUT2D eigenvalue weighted by atomic mass is 32.2. The Balaban J connectivity index is 1.87. The number of rotatable bonds is 6. The summed E-state index contributed by atoms with van der Waals surface area (Å²) in [5.41, 5.74) is 5.90. The summed E-state index contributed by atoms with van der Waals surface area (Å²) in [5, 5.41) is 10.2. The first-order chi connectivity index (χ1) is 11.1. The Morgan fingerprint density at radius 1 is 1.52 bits per heavy atom. The van der Waals surface area contributed by atoms with E-state index in [4.69, 9.17) is 15.6 Å². The molecule has 0 fully saturated rings. The van der Waals surface area contributed by atoms with Gasteiger partial charge in [0, 0.05) is 17.9 Å². The predicted octanol–water partition coefficient (Wildman–Crippen LogP) is 2.11. The van der Waals surface area contributed by atoms with Crippen molar-refractivity contribution in [3.8, 4) is 5.75 Å². The Hall–Kier alpha value is -1.71. The van der Waals surface area contributed by atoms with Crippen molar-refractivity contribution >= 4 is 44.3 Å². The number of hydrogen-bond donors (Lipinski definition) is 2. The van der Waals surface area contributed by atoms with Crippen LogP contribution in [0.3, 0.4) is 0 Å². The predicted molar refractivity (Wildman–Crippen MR) is 89.2 cm³/mol. The Bertz CT molecular complexity index is 778. The number of ether oxygens (including phenoxy) is 1. The van der Waals surface area contributed by atoms with E-state index < -0.39 is 17.8 Å². The number of nitrogens with zero attached hydrogens (tertiary/aromatic N) is 2. The van der Waals surface area contributed by atoms with Gasteiger partial charge in [-0.2, -0.15) is 0 Å². The van der Waals surface area contributed by atoms with Gasteiger partial charge in [-0.25, -0.2) is 14.2 Å². The number of carboxylic acids is 1. The van der Waals surface area contributed by atoms with E-state index in [0.29, 0.717) is 40.9 Å². The number of carboxylic acid groups (broad SMARTS) is 1. The van der Waals surface area contributed by atoms with Crippen molar-refractivity contribution < 1.29 is 19.0 Å². The summed E-state index contributed by atoms with van der Waals surface area (Å²) in [6.07, 6.45) is 0.648. The van der Waals surface area contributed by atoms with Crippen LogP contribution in [-0.2, 0) is 4.79 Å². The Morgan fingerprint density at radius 2 is 2.35 bits per heavy atom. The maximum atomic E-state index is 14.0. The van der Waals surface area contributed by atoms with Crippen molar-refractivity contribution in [2.45, 2.75) is 12.5 Å². The molecule has 2 aromatic rings. The molecule has 6 nitrogen and oxygen atoms in total. The van der Waals surface area contributed by atoms with Crippen molar-refractivity contribution in [2.75, 3.05) is 18.9 Å². The molecule has 0 bridgehead atoms. The Morgan fingerprint density at radius 3 is 3.04 bits per heavy atom. The number of aliphatic carboxylic acids is 1. The summed E-state index contributed by atoms with van der Waals surface area (Å²) in [6.45, 7) is 0.837. The smallest absolute Gasteiger partial charge is 0.329 e. The van der Waals surface area contributed by atoms with E-state index >= 15 is 0 Å². The van der Waals surface area contributed by atoms with E-state index in [1.165, 1.54) is 29.2 Å². The van der Waals surface area contributed by atoms with E-state index in [-0.39, 0.29) is 5.75 Å². The minimum atomic E-state index is -0.949. The minimum Gasteiger partial charge on any atom is -0.490 e. The molecule has 0 saturated carbocycles. The second kappa shape index (κ2) is 6.81. The van der Waals surface area contributed by atoms with Crippen molar-refractivity contribution in [3.05, 3.63) is 23.0 Å². The van der Waals surface area contributed by atoms with Gasteiger partial charge in [-0.05, 0) is 13.0 Å². The summed E-state index contributed by atoms with van der Waals surface area (Å²) in [6, 6.07) is 2.19. The Labute approximate surface area is 139 Å². The number of nitrogens with two attached hydrogens (primary N) is 1. The molecular weight excluding hydrogens is 341 g/mol. The van der Waals surface area contributed by atoms with E-state index in [0.717, 1.165) is 4.70 Å². The zero-order valence-electron chi connectivity index (χ0n) is 12.0. The lowest BCUT2D eigenvalue weighted by Crippen LogP contribution is -2.17. The van der Waals surface area contributed by atoms with Gasteiger partial charge in [-0.3, -0.25) is 4.99 Å². The molecule has 3 rings (SSSR count). The zero-order valence-corrected chi connectivity index (χ0v) is 13.6. The lowest BCUT2D eigenvalue weighted by atomic mass is 10.3. The monoisotopic (exact) mass is 355 g/mol. The summed E-state index contributed by atoms with van der Waals surface area (Å²) in [4.78, 5) is 19.4. The molecule has 2 heterocycles. The van der Waals surface area contributed by atoms with E-state index in [1.54, 1.807) is 6.07 Å². The third kappa shape index (κ3) is 3.46. The van der Waals surface area contributed by atoms with Gasteiger partial charge in [-0.1, -0.05) is 0 Å². The molecule has 0 spiro atoms. The molecule has 23 heavy (non-hydrogen) atoms. The molecule has 1 aromatic heterocycles. The van der Waals surface area contributed by atoms with Gasteiger partial charge >= 0.3 is 5.97 Å². The molecule has 1 aliphatic rings. The number of aromatic nitrogens is 1. The van der Waals surface area contributed by atoms with Crippen LogP contribution in [0, 0.1) is 5.82 Å². The highest BCUT2D eigenvalue weighted by Crippen LogP contribution is 2.33. The van der Waals surface area contributed by atoms with Gasteiger partial charge in [0.1, 0.15) is 10.1 Å². The van der Waals surface area contributed by atoms with Crippen molar-refractivity contribution in [2.24, 2.45) is 10.7 Å². The van der Waals surface area contributed by atoms with Crippen LogP contribution >= 0.6 is 23.1 Å². The quantitative estimate of drug-likeness (QED) is 0.770. The largest absolute Gasteiger partial charge is 0.490 e. The summed E-state index contributed by atoms with van der Waals surface area (Å²) in [7, 11) is 0. The number of thiazole rings is 1. The van der Waals surface area contributed by atoms with Crippen molar-refractivity contribution in [3.63, 3.8) is 0 Å². The molecule has 1 aliphatic heterocycles. The molecule has 1 atom stereocenters. The highest BCUT2D eigenvalue weighted by Gasteiger charge is 2.27. The SMILES string of the molecule is NCCCOc1cc2sc(C3=N[C@@H](C(=O)O)CS3)nc2cc1F. The van der Waals surface area contributed by atoms with Gasteiger partial charge in [0.15, 0.2) is 17.6 Å². The van der Waals surface area contributed by atoms with Crippen LogP contribution in [0.15, 0.2) is 17.1 Å². The highest BCUT2D eigenvalue weighted by molar-refractivity contribution is 8.15. The topological polar surface area (TPSA) is 97.8 Å². The second-order valence-electron chi connectivity index (χ2n) is 4.86. The van der Waals surface area contributed by atoms with Crippen LogP contribution < -0.4 is 10.5 Å². The molecule has 1 aromatic carbocycles. The molecule has 122 valence electrons. The summed E-state index contributed by atoms with van der Waals surface area (Å²) >= 11 is 2.69. The fraction of sp³-hybridized carbons (Fsp3) is 0.357.